The summed E-state index contributed by atoms with van der Waals surface area (Å²) in [7, 11) is 0. The zero-order valence-corrected chi connectivity index (χ0v) is 31.0. The van der Waals surface area contributed by atoms with Crippen LogP contribution in [0.5, 0.6) is 0 Å². The predicted molar refractivity (Wildman–Crippen MR) is 204 cm³/mol. The number of hydrogen-bond acceptors (Lipinski definition) is 7. The molecule has 2 aromatic heterocycles. The van der Waals surface area contributed by atoms with Crippen LogP contribution in [0.15, 0.2) is 56.3 Å². The third kappa shape index (κ3) is 9.54. The molecule has 0 amide bonds. The van der Waals surface area contributed by atoms with Gasteiger partial charge in [-0.25, -0.2) is 19.7 Å². The van der Waals surface area contributed by atoms with Crippen molar-refractivity contribution in [1.82, 2.24) is 25.3 Å². The number of benzene rings is 2. The first kappa shape index (κ1) is 37.1. The minimum atomic E-state index is -0.318. The lowest BCUT2D eigenvalue weighted by Crippen LogP contribution is -2.28. The molecule has 0 spiro atoms. The Labute approximate surface area is 303 Å². The van der Waals surface area contributed by atoms with Crippen LogP contribution in [0.4, 0.5) is 11.4 Å². The summed E-state index contributed by atoms with van der Waals surface area (Å²) in [5.74, 6) is 1.95. The van der Waals surface area contributed by atoms with Crippen LogP contribution in [0.2, 0.25) is 0 Å². The lowest BCUT2D eigenvalue weighted by molar-refractivity contribution is 0.435. The van der Waals surface area contributed by atoms with Gasteiger partial charge in [0.2, 0.25) is 0 Å². The smallest absolute Gasteiger partial charge is 0.271 e. The summed E-state index contributed by atoms with van der Waals surface area (Å²) in [6.07, 6.45) is 7.44. The molecule has 1 aliphatic heterocycles. The number of thioether (sulfide) groups is 2. The van der Waals surface area contributed by atoms with Crippen LogP contribution in [-0.4, -0.2) is 33.0 Å². The fraction of sp³-hybridized carbons (Fsp3) is 0.436. The van der Waals surface area contributed by atoms with E-state index in [4.69, 9.17) is 13.1 Å². The molecule has 3 N–H and O–H groups in total. The summed E-state index contributed by atoms with van der Waals surface area (Å²) in [6, 6.07) is 12.8. The van der Waals surface area contributed by atoms with Gasteiger partial charge in [0.1, 0.15) is 0 Å². The average molecular weight is 708 g/mol. The number of H-pyrrole nitrogens is 2. The monoisotopic (exact) mass is 707 g/mol. The van der Waals surface area contributed by atoms with E-state index < -0.39 is 0 Å². The topological polar surface area (TPSA) is 112 Å². The number of aromatic amines is 2. The number of aromatic nitrogens is 4. The van der Waals surface area contributed by atoms with Gasteiger partial charge in [-0.15, -0.1) is 0 Å². The molecule has 0 unspecified atom stereocenters. The normalized spacial score (nSPS) is 15.1. The third-order valence-electron chi connectivity index (χ3n) is 9.48. The first-order valence-corrected chi connectivity index (χ1v) is 19.3. The molecule has 50 heavy (non-hydrogen) atoms. The number of rotatable bonds is 8. The number of piperidine rings is 1. The summed E-state index contributed by atoms with van der Waals surface area (Å²) in [4.78, 5) is 46.5. The van der Waals surface area contributed by atoms with Crippen molar-refractivity contribution in [1.29, 1.82) is 0 Å². The van der Waals surface area contributed by atoms with Gasteiger partial charge in [-0.1, -0.05) is 90.3 Å². The number of aryl methyl sites for hydroxylation is 4. The molecule has 1 saturated heterocycles. The second-order valence-electron chi connectivity index (χ2n) is 13.2. The van der Waals surface area contributed by atoms with E-state index in [1.54, 1.807) is 0 Å². The Bertz CT molecular complexity index is 1870. The van der Waals surface area contributed by atoms with Gasteiger partial charge in [0, 0.05) is 11.5 Å². The van der Waals surface area contributed by atoms with Crippen molar-refractivity contribution in [2.75, 3.05) is 13.1 Å². The van der Waals surface area contributed by atoms with Gasteiger partial charge in [0.25, 0.3) is 22.5 Å². The summed E-state index contributed by atoms with van der Waals surface area (Å²) in [6.45, 7) is 24.9. The highest BCUT2D eigenvalue weighted by Gasteiger charge is 2.24. The van der Waals surface area contributed by atoms with Gasteiger partial charge in [-0.05, 0) is 101 Å². The Morgan fingerprint density at radius 1 is 0.680 bits per heavy atom. The van der Waals surface area contributed by atoms with E-state index in [9.17, 15) is 9.59 Å². The van der Waals surface area contributed by atoms with Crippen molar-refractivity contribution in [2.45, 2.75) is 106 Å². The van der Waals surface area contributed by atoms with Crippen molar-refractivity contribution in [3.05, 3.63) is 125 Å². The molecule has 9 nitrogen and oxygen atoms in total. The van der Waals surface area contributed by atoms with E-state index in [1.165, 1.54) is 63.3 Å². The zero-order valence-electron chi connectivity index (χ0n) is 29.3. The van der Waals surface area contributed by atoms with Gasteiger partial charge < -0.3 is 15.3 Å². The van der Waals surface area contributed by atoms with E-state index in [-0.39, 0.29) is 34.3 Å². The summed E-state index contributed by atoms with van der Waals surface area (Å²) in [5, 5.41) is 4.54. The summed E-state index contributed by atoms with van der Waals surface area (Å²) in [5.41, 5.74) is 8.52. The Morgan fingerprint density at radius 3 is 1.56 bits per heavy atom. The van der Waals surface area contributed by atoms with Crippen molar-refractivity contribution in [3.8, 4) is 0 Å². The van der Waals surface area contributed by atoms with Crippen LogP contribution in [0.1, 0.15) is 102 Å². The van der Waals surface area contributed by atoms with E-state index in [0.717, 1.165) is 63.1 Å². The molecule has 1 aliphatic carbocycles. The maximum absolute atomic E-state index is 12.3. The standard InChI is InChI=1S/C20H23N3OS.C19H22N4OS/c1-13-9-10-14(2)16(11-13)12-25-20-22-17(15-7-5-4-6-8-15)18(21-3)19(24)23-20;1-12-4-5-13(2)15(10-12)11-25-19-22-16(14-6-8-21-9-7-14)17(20-3)18(24)23-19/h9-11,15H,4-8,12H2,1-2H3,(H,22,23,24);4-5,10,14,21H,6-9,11H2,1-2H3,(H,22,23,24). The average Bonchev–Trinajstić information content (AvgIpc) is 3.13. The first-order chi connectivity index (χ1) is 24.2. The maximum atomic E-state index is 12.3. The van der Waals surface area contributed by atoms with E-state index in [0.29, 0.717) is 21.7 Å². The molecule has 0 bridgehead atoms. The second-order valence-corrected chi connectivity index (χ2v) is 15.2. The second kappa shape index (κ2) is 17.7. The number of hydrogen-bond donors (Lipinski definition) is 3. The Hall–Kier alpha value is -4.16. The molecular weight excluding hydrogens is 663 g/mol. The van der Waals surface area contributed by atoms with Crippen LogP contribution in [-0.2, 0) is 11.5 Å². The van der Waals surface area contributed by atoms with Crippen molar-refractivity contribution in [2.24, 2.45) is 0 Å². The van der Waals surface area contributed by atoms with Crippen LogP contribution in [0.3, 0.4) is 0 Å². The summed E-state index contributed by atoms with van der Waals surface area (Å²) >= 11 is 3.06. The molecule has 2 fully saturated rings. The highest BCUT2D eigenvalue weighted by atomic mass is 32.2. The Morgan fingerprint density at radius 2 is 1.12 bits per heavy atom. The molecule has 1 saturated carbocycles. The minimum absolute atomic E-state index is 0.156. The molecule has 11 heteroatoms. The first-order valence-electron chi connectivity index (χ1n) is 17.3. The Kier molecular flexibility index (Phi) is 13.1. The fourth-order valence-electron chi connectivity index (χ4n) is 6.52. The molecule has 260 valence electrons. The number of nitrogens with zero attached hydrogens (tertiary/aromatic N) is 4. The van der Waals surface area contributed by atoms with Gasteiger partial charge in [0.15, 0.2) is 10.3 Å². The van der Waals surface area contributed by atoms with Crippen LogP contribution >= 0.6 is 23.5 Å². The molecule has 2 aromatic carbocycles. The third-order valence-corrected chi connectivity index (χ3v) is 11.3. The van der Waals surface area contributed by atoms with Gasteiger partial charge in [0.05, 0.1) is 24.5 Å². The lowest BCUT2D eigenvalue weighted by Gasteiger charge is -2.23. The van der Waals surface area contributed by atoms with Crippen LogP contribution in [0.25, 0.3) is 9.69 Å². The molecule has 0 atom stereocenters. The van der Waals surface area contributed by atoms with Gasteiger partial charge in [-0.3, -0.25) is 9.59 Å². The van der Waals surface area contributed by atoms with Crippen molar-refractivity contribution >= 4 is 34.9 Å². The van der Waals surface area contributed by atoms with Crippen molar-refractivity contribution < 1.29 is 0 Å². The minimum Gasteiger partial charge on any atom is -0.317 e. The van der Waals surface area contributed by atoms with Gasteiger partial charge in [-0.2, -0.15) is 0 Å². The number of nitrogens with one attached hydrogen (secondary N) is 3. The fourth-order valence-corrected chi connectivity index (χ4v) is 8.39. The highest BCUT2D eigenvalue weighted by molar-refractivity contribution is 7.98. The lowest BCUT2D eigenvalue weighted by atomic mass is 9.86. The quantitative estimate of drug-likeness (QED) is 0.0952. The SMILES string of the molecule is [C-]#[N+]c1c(C2CCCCC2)nc(SCc2cc(C)ccc2C)[nH]c1=O.[C-]#[N+]c1c(C2CCNCC2)nc(SCc2cc(C)ccc2C)[nH]c1=O. The van der Waals surface area contributed by atoms with Gasteiger partial charge >= 0.3 is 0 Å². The zero-order chi connectivity index (χ0) is 35.6. The molecule has 0 radical (unpaired) electrons. The molecule has 4 aromatic rings. The van der Waals surface area contributed by atoms with Crippen LogP contribution < -0.4 is 16.4 Å². The molecule has 2 aliphatic rings. The maximum Gasteiger partial charge on any atom is 0.271 e. The predicted octanol–water partition coefficient (Wildman–Crippen LogP) is 8.97. The molecule has 3 heterocycles. The molecular formula is C39H45N7O2S2. The van der Waals surface area contributed by atoms with Crippen LogP contribution in [0, 0.1) is 40.8 Å². The van der Waals surface area contributed by atoms with E-state index in [2.05, 4.69) is 99.0 Å². The van der Waals surface area contributed by atoms with Crippen molar-refractivity contribution in [3.63, 3.8) is 0 Å². The largest absolute Gasteiger partial charge is 0.317 e. The molecule has 6 rings (SSSR count). The summed E-state index contributed by atoms with van der Waals surface area (Å²) < 4.78 is 0. The van der Waals surface area contributed by atoms with E-state index >= 15 is 0 Å². The van der Waals surface area contributed by atoms with E-state index in [1.807, 2.05) is 0 Å². The Balaban J connectivity index is 0.000000194. The highest BCUT2D eigenvalue weighted by Crippen LogP contribution is 2.36.